The highest BCUT2D eigenvalue weighted by atomic mass is 79.9. The van der Waals surface area contributed by atoms with E-state index in [2.05, 4.69) is 25.3 Å². The van der Waals surface area contributed by atoms with Gasteiger partial charge >= 0.3 is 0 Å². The molecule has 0 aromatic carbocycles. The Bertz CT molecular complexity index is 429. The Morgan fingerprint density at radius 2 is 2.00 bits per heavy atom. The fraction of sp³-hybridized carbons (Fsp3) is 0.900. The van der Waals surface area contributed by atoms with E-state index in [9.17, 15) is 8.42 Å². The lowest BCUT2D eigenvalue weighted by molar-refractivity contribution is -0.515. The van der Waals surface area contributed by atoms with Gasteiger partial charge in [-0.05, 0) is 44.3 Å². The van der Waals surface area contributed by atoms with Crippen molar-refractivity contribution < 1.29 is 30.0 Å². The van der Waals surface area contributed by atoms with Crippen molar-refractivity contribution in [2.75, 3.05) is 24.6 Å². The van der Waals surface area contributed by atoms with Gasteiger partial charge in [0.1, 0.15) is 13.1 Å². The van der Waals surface area contributed by atoms with Crippen LogP contribution < -0.4 is 17.0 Å². The van der Waals surface area contributed by atoms with Crippen molar-refractivity contribution in [2.45, 2.75) is 30.8 Å². The highest BCUT2D eigenvalue weighted by molar-refractivity contribution is 8.42. The van der Waals surface area contributed by atoms with Gasteiger partial charge in [0.2, 0.25) is 0 Å². The van der Waals surface area contributed by atoms with Crippen LogP contribution in [-0.4, -0.2) is 52.0 Å². The molecular formula is C10H18BrNO2S3. The lowest BCUT2D eigenvalue weighted by Crippen LogP contribution is -3.00. The summed E-state index contributed by atoms with van der Waals surface area (Å²) >= 11 is 3.54. The van der Waals surface area contributed by atoms with Gasteiger partial charge in [-0.2, -0.15) is 0 Å². The first-order chi connectivity index (χ1) is 7.40. The molecule has 17 heavy (non-hydrogen) atoms. The minimum absolute atomic E-state index is 0. The molecule has 0 saturated carbocycles. The second-order valence-electron chi connectivity index (χ2n) is 4.51. The van der Waals surface area contributed by atoms with Crippen LogP contribution in [0.5, 0.6) is 0 Å². The van der Waals surface area contributed by atoms with Crippen molar-refractivity contribution in [1.29, 1.82) is 0 Å². The van der Waals surface area contributed by atoms with Crippen LogP contribution in [0.1, 0.15) is 20.8 Å². The zero-order valence-corrected chi connectivity index (χ0v) is 14.3. The second kappa shape index (κ2) is 5.43. The van der Waals surface area contributed by atoms with Crippen LogP contribution in [0.3, 0.4) is 0 Å². The molecule has 0 aliphatic carbocycles. The average molecular weight is 360 g/mol. The van der Waals surface area contributed by atoms with Gasteiger partial charge in [0.15, 0.2) is 9.84 Å². The minimum Gasteiger partial charge on any atom is -1.00 e. The van der Waals surface area contributed by atoms with Gasteiger partial charge in [-0.15, -0.1) is 0 Å². The first-order valence-electron chi connectivity index (χ1n) is 5.58. The second-order valence-corrected chi connectivity index (χ2v) is 9.60. The first kappa shape index (κ1) is 15.9. The lowest BCUT2D eigenvalue weighted by Gasteiger charge is -2.16. The van der Waals surface area contributed by atoms with Crippen molar-refractivity contribution in [3.63, 3.8) is 0 Å². The molecule has 7 heteroatoms. The van der Waals surface area contributed by atoms with Crippen molar-refractivity contribution in [2.24, 2.45) is 0 Å². The summed E-state index contributed by atoms with van der Waals surface area (Å²) < 4.78 is 26.8. The Kier molecular flexibility index (Phi) is 5.06. The highest BCUT2D eigenvalue weighted by Crippen LogP contribution is 2.52. The molecule has 0 amide bonds. The van der Waals surface area contributed by atoms with Gasteiger partial charge in [-0.3, -0.25) is 0 Å². The summed E-state index contributed by atoms with van der Waals surface area (Å²) in [5.41, 5.74) is 0. The van der Waals surface area contributed by atoms with Crippen molar-refractivity contribution in [3.8, 4) is 0 Å². The van der Waals surface area contributed by atoms with Crippen LogP contribution in [0.4, 0.5) is 0 Å². The summed E-state index contributed by atoms with van der Waals surface area (Å²) in [6, 6.07) is 0. The van der Waals surface area contributed by atoms with E-state index in [-0.39, 0.29) is 27.0 Å². The fourth-order valence-electron chi connectivity index (χ4n) is 2.22. The number of sulfone groups is 1. The van der Waals surface area contributed by atoms with E-state index in [0.29, 0.717) is 11.5 Å². The Hall–Kier alpha value is 0.800. The molecule has 0 bridgehead atoms. The predicted molar refractivity (Wildman–Crippen MR) is 72.4 cm³/mol. The molecule has 2 heterocycles. The number of hydrogen-bond acceptors (Lipinski definition) is 4. The maximum absolute atomic E-state index is 11.6. The summed E-state index contributed by atoms with van der Waals surface area (Å²) in [7, 11) is -2.80. The largest absolute Gasteiger partial charge is 1.00 e. The number of thioether (sulfide) groups is 2. The van der Waals surface area contributed by atoms with Gasteiger partial charge in [-0.1, -0.05) is 0 Å². The van der Waals surface area contributed by atoms with E-state index in [4.69, 9.17) is 0 Å². The highest BCUT2D eigenvalue weighted by Gasteiger charge is 2.56. The number of hydrogen-bond donors (Lipinski definition) is 0. The average Bonchev–Trinajstić information content (AvgIpc) is 2.53. The quantitative estimate of drug-likeness (QED) is 0.558. The van der Waals surface area contributed by atoms with Crippen molar-refractivity contribution >= 4 is 37.7 Å². The zero-order chi connectivity index (χ0) is 12.0. The van der Waals surface area contributed by atoms with Crippen LogP contribution in [0.2, 0.25) is 0 Å². The molecule has 3 nitrogen and oxygen atoms in total. The molecule has 0 aromatic rings. The number of halogens is 1. The molecule has 0 N–H and O–H groups in total. The van der Waals surface area contributed by atoms with Gasteiger partial charge < -0.3 is 17.0 Å². The van der Waals surface area contributed by atoms with Crippen LogP contribution in [0.25, 0.3) is 0 Å². The van der Waals surface area contributed by atoms with E-state index in [1.165, 1.54) is 4.38 Å². The third-order valence-corrected chi connectivity index (χ3v) is 8.90. The first-order valence-corrected chi connectivity index (χ1v) is 9.10. The third-order valence-electron chi connectivity index (χ3n) is 3.18. The summed E-state index contributed by atoms with van der Waals surface area (Å²) in [4.78, 5) is 0. The SMILES string of the molecule is CC[N+](CC)=C1SC2CS(=O)(=O)CC2(C)S1.[Br-]. The maximum atomic E-state index is 11.6. The number of nitrogens with zero attached hydrogens (tertiary/aromatic N) is 1. The fourth-order valence-corrected chi connectivity index (χ4v) is 9.50. The van der Waals surface area contributed by atoms with E-state index >= 15 is 0 Å². The van der Waals surface area contributed by atoms with Crippen LogP contribution in [-0.2, 0) is 9.84 Å². The van der Waals surface area contributed by atoms with Gasteiger partial charge in [-0.25, -0.2) is 13.0 Å². The Labute approximate surface area is 123 Å². The molecule has 0 aromatic heterocycles. The Balaban J connectivity index is 0.00000144. The van der Waals surface area contributed by atoms with Crippen LogP contribution >= 0.6 is 23.5 Å². The van der Waals surface area contributed by atoms with E-state index in [0.717, 1.165) is 13.1 Å². The Morgan fingerprint density at radius 3 is 2.47 bits per heavy atom. The van der Waals surface area contributed by atoms with E-state index < -0.39 is 9.84 Å². The monoisotopic (exact) mass is 359 g/mol. The summed E-state index contributed by atoms with van der Waals surface area (Å²) in [5, 5.41) is 0.248. The van der Waals surface area contributed by atoms with Gasteiger partial charge in [0.05, 0.1) is 16.3 Å². The van der Waals surface area contributed by atoms with Crippen molar-refractivity contribution in [3.05, 3.63) is 0 Å². The van der Waals surface area contributed by atoms with E-state index in [1.807, 2.05) is 0 Å². The Morgan fingerprint density at radius 1 is 1.41 bits per heavy atom. The zero-order valence-electron chi connectivity index (χ0n) is 10.3. The standard InChI is InChI=1S/C10H18NO2S3.BrH/c1-4-11(5-2)9-14-8-6-16(12,13)7-10(8,3)15-9;/h8H,4-7H2,1-3H3;1H/q+1;/p-1. The molecule has 0 radical (unpaired) electrons. The van der Waals surface area contributed by atoms with Gasteiger partial charge in [0, 0.05) is 5.25 Å². The van der Waals surface area contributed by atoms with Crippen LogP contribution in [0.15, 0.2) is 0 Å². The molecule has 2 atom stereocenters. The lowest BCUT2D eigenvalue weighted by atomic mass is 10.1. The van der Waals surface area contributed by atoms with Crippen molar-refractivity contribution in [1.82, 2.24) is 0 Å². The summed E-state index contributed by atoms with van der Waals surface area (Å²) in [5.74, 6) is 0.693. The molecule has 0 spiro atoms. The van der Waals surface area contributed by atoms with E-state index in [1.54, 1.807) is 23.5 Å². The smallest absolute Gasteiger partial charge is 0.270 e. The predicted octanol–water partition coefficient (Wildman–Crippen LogP) is -1.57. The third kappa shape index (κ3) is 3.04. The molecule has 2 rings (SSSR count). The normalized spacial score (nSPS) is 34.3. The van der Waals surface area contributed by atoms with Gasteiger partial charge in [0.25, 0.3) is 4.38 Å². The molecule has 100 valence electrons. The summed E-state index contributed by atoms with van der Waals surface area (Å²) in [6.45, 7) is 8.38. The molecule has 2 saturated heterocycles. The molecule has 2 fully saturated rings. The van der Waals surface area contributed by atoms with Crippen LogP contribution in [0, 0.1) is 0 Å². The molecular weight excluding hydrogens is 342 g/mol. The topological polar surface area (TPSA) is 37.1 Å². The number of rotatable bonds is 2. The number of fused-ring (bicyclic) bond motifs is 1. The maximum Gasteiger partial charge on any atom is 0.270 e. The minimum atomic E-state index is -2.80. The molecule has 2 unspecified atom stereocenters. The summed E-state index contributed by atoms with van der Waals surface area (Å²) in [6.07, 6.45) is 0. The molecule has 2 aliphatic rings. The molecule has 2 aliphatic heterocycles.